The van der Waals surface area contributed by atoms with Gasteiger partial charge in [-0.25, -0.2) is 0 Å². The first-order chi connectivity index (χ1) is 41.0. The maximum absolute atomic E-state index is 12.9. The van der Waals surface area contributed by atoms with Gasteiger partial charge in [0.25, 0.3) is 0 Å². The number of ether oxygens (including phenoxy) is 3. The van der Waals surface area contributed by atoms with Gasteiger partial charge >= 0.3 is 17.9 Å². The summed E-state index contributed by atoms with van der Waals surface area (Å²) in [7, 11) is 0. The molecular weight excluding hydrogens is 1020 g/mol. The number of hydrogen-bond acceptors (Lipinski definition) is 6. The molecule has 0 aliphatic rings. The molecule has 0 aliphatic carbocycles. The molecule has 0 bridgehead atoms. The minimum absolute atomic E-state index is 0.0824. The van der Waals surface area contributed by atoms with Crippen LogP contribution in [0.1, 0.15) is 329 Å². The van der Waals surface area contributed by atoms with Crippen LogP contribution in [0.3, 0.4) is 0 Å². The zero-order valence-corrected chi connectivity index (χ0v) is 54.4. The highest BCUT2D eigenvalue weighted by atomic mass is 16.6. The molecule has 0 saturated carbocycles. The number of carbonyl (C=O) groups is 3. The third-order valence-electron chi connectivity index (χ3n) is 15.0. The molecule has 6 heteroatoms. The maximum atomic E-state index is 12.9. The Bertz CT molecular complexity index is 1700. The van der Waals surface area contributed by atoms with Crippen LogP contribution in [-0.4, -0.2) is 37.2 Å². The van der Waals surface area contributed by atoms with Crippen LogP contribution in [0.5, 0.6) is 0 Å². The number of unbranched alkanes of at least 4 members (excludes halogenated alkanes) is 32. The molecule has 0 saturated heterocycles. The Labute approximate surface area is 513 Å². The van der Waals surface area contributed by atoms with E-state index in [0.29, 0.717) is 19.3 Å². The van der Waals surface area contributed by atoms with Crippen molar-refractivity contribution in [2.45, 2.75) is 335 Å². The summed E-state index contributed by atoms with van der Waals surface area (Å²) in [5.74, 6) is -0.895. The number of esters is 3. The van der Waals surface area contributed by atoms with Crippen LogP contribution in [0.15, 0.2) is 122 Å². The molecule has 0 spiro atoms. The molecule has 0 N–H and O–H groups in total. The van der Waals surface area contributed by atoms with Crippen molar-refractivity contribution in [1.82, 2.24) is 0 Å². The number of hydrogen-bond donors (Lipinski definition) is 0. The Morgan fingerprint density at radius 3 is 0.735 bits per heavy atom. The van der Waals surface area contributed by atoms with Gasteiger partial charge in [-0.3, -0.25) is 14.4 Å². The summed E-state index contributed by atoms with van der Waals surface area (Å²) in [4.78, 5) is 38.4. The molecule has 0 aromatic carbocycles. The van der Waals surface area contributed by atoms with Crippen LogP contribution in [0, 0.1) is 0 Å². The van der Waals surface area contributed by atoms with E-state index in [1.165, 1.54) is 154 Å². The first-order valence-electron chi connectivity index (χ1n) is 35.0. The van der Waals surface area contributed by atoms with Crippen molar-refractivity contribution < 1.29 is 28.6 Å². The SMILES string of the molecule is CC/C=C\C/C=C\C/C=C\C/C=C\C/C=C\C/C=C\C/C=C\C/C=C\C/C=C\C/C=C\CCCCCCC(=O)OCC(COC(=O)CCCCCCCCCCCCCCCC)OC(=O)CCCCCCCCCCCCCCCCCC. The summed E-state index contributed by atoms with van der Waals surface area (Å²) in [6, 6.07) is 0. The predicted octanol–water partition coefficient (Wildman–Crippen LogP) is 24.3. The largest absolute Gasteiger partial charge is 0.462 e. The maximum Gasteiger partial charge on any atom is 0.306 e. The summed E-state index contributed by atoms with van der Waals surface area (Å²) in [5.41, 5.74) is 0. The summed E-state index contributed by atoms with van der Waals surface area (Å²) in [6.07, 6.45) is 97.9. The lowest BCUT2D eigenvalue weighted by Gasteiger charge is -2.18. The standard InChI is InChI=1S/C77H130O6/c1-4-7-10-13-16-19-22-25-28-30-31-32-33-34-35-36-37-38-39-40-41-42-43-44-45-46-47-48-50-52-55-58-61-64-67-70-76(79)82-73-74(72-81-75(78)69-66-63-60-57-54-51-27-24-21-18-15-12-9-6-3)83-77(80)71-68-65-62-59-56-53-49-29-26-23-20-17-14-11-8-5-2/h7,10,16,19,25,28,31-32,34-35,37-38,40-41,43-44,46-47,50,52,74H,4-6,8-9,11-15,17-18,20-24,26-27,29-30,33,36,39,42,45,48-49,51,53-73H2,1-3H3/b10-7-,19-16-,28-25-,32-31-,35-34-,38-37-,41-40-,44-43-,47-46-,52-50-. The second-order valence-electron chi connectivity index (χ2n) is 23.1. The van der Waals surface area contributed by atoms with Crippen molar-refractivity contribution in [2.24, 2.45) is 0 Å². The number of carbonyl (C=O) groups excluding carboxylic acids is 3. The van der Waals surface area contributed by atoms with E-state index in [-0.39, 0.29) is 31.1 Å². The minimum Gasteiger partial charge on any atom is -0.462 e. The van der Waals surface area contributed by atoms with Gasteiger partial charge in [0.2, 0.25) is 0 Å². The predicted molar refractivity (Wildman–Crippen MR) is 362 cm³/mol. The summed E-state index contributed by atoms with van der Waals surface area (Å²) in [6.45, 7) is 6.54. The minimum atomic E-state index is -0.788. The fourth-order valence-electron chi connectivity index (χ4n) is 9.77. The molecule has 83 heavy (non-hydrogen) atoms. The summed E-state index contributed by atoms with van der Waals surface area (Å²) >= 11 is 0. The quantitative estimate of drug-likeness (QED) is 0.0261. The van der Waals surface area contributed by atoms with Gasteiger partial charge in [-0.05, 0) is 96.3 Å². The molecule has 6 nitrogen and oxygen atoms in total. The van der Waals surface area contributed by atoms with Crippen LogP contribution in [0.4, 0.5) is 0 Å². The second kappa shape index (κ2) is 70.3. The van der Waals surface area contributed by atoms with Gasteiger partial charge in [0.05, 0.1) is 0 Å². The fraction of sp³-hybridized carbons (Fsp3) is 0.701. The van der Waals surface area contributed by atoms with Crippen molar-refractivity contribution in [2.75, 3.05) is 13.2 Å². The Hall–Kier alpha value is -4.19. The molecule has 474 valence electrons. The van der Waals surface area contributed by atoms with Gasteiger partial charge in [-0.2, -0.15) is 0 Å². The Balaban J connectivity index is 4.31. The average Bonchev–Trinajstić information content (AvgIpc) is 3.49. The van der Waals surface area contributed by atoms with E-state index in [4.69, 9.17) is 14.2 Å². The Morgan fingerprint density at radius 1 is 0.253 bits per heavy atom. The van der Waals surface area contributed by atoms with Gasteiger partial charge in [-0.15, -0.1) is 0 Å². The van der Waals surface area contributed by atoms with Crippen molar-refractivity contribution in [3.05, 3.63) is 122 Å². The highest BCUT2D eigenvalue weighted by molar-refractivity contribution is 5.71. The molecule has 1 atom stereocenters. The molecule has 0 aliphatic heterocycles. The van der Waals surface area contributed by atoms with E-state index < -0.39 is 6.10 Å². The first-order valence-corrected chi connectivity index (χ1v) is 35.0. The highest BCUT2D eigenvalue weighted by Gasteiger charge is 2.19. The molecule has 0 aromatic heterocycles. The van der Waals surface area contributed by atoms with Crippen LogP contribution in [0.2, 0.25) is 0 Å². The van der Waals surface area contributed by atoms with Gasteiger partial charge < -0.3 is 14.2 Å². The highest BCUT2D eigenvalue weighted by Crippen LogP contribution is 2.17. The first kappa shape index (κ1) is 78.8. The van der Waals surface area contributed by atoms with E-state index in [1.807, 2.05) is 0 Å². The van der Waals surface area contributed by atoms with E-state index in [2.05, 4.69) is 142 Å². The van der Waals surface area contributed by atoms with E-state index in [1.54, 1.807) is 0 Å². The third-order valence-corrected chi connectivity index (χ3v) is 15.0. The van der Waals surface area contributed by atoms with Crippen LogP contribution < -0.4 is 0 Å². The lowest BCUT2D eigenvalue weighted by molar-refractivity contribution is -0.167. The second-order valence-corrected chi connectivity index (χ2v) is 23.1. The van der Waals surface area contributed by atoms with Gasteiger partial charge in [0.1, 0.15) is 13.2 Å². The third kappa shape index (κ3) is 68.5. The molecule has 0 amide bonds. The molecule has 0 radical (unpaired) electrons. The average molecular weight is 1150 g/mol. The monoisotopic (exact) mass is 1150 g/mol. The molecule has 0 rings (SSSR count). The lowest BCUT2D eigenvalue weighted by atomic mass is 10.0. The number of rotatable bonds is 63. The normalized spacial score (nSPS) is 12.9. The van der Waals surface area contributed by atoms with Gasteiger partial charge in [0.15, 0.2) is 6.10 Å². The van der Waals surface area contributed by atoms with E-state index >= 15 is 0 Å². The molecule has 0 fully saturated rings. The van der Waals surface area contributed by atoms with E-state index in [0.717, 1.165) is 135 Å². The fourth-order valence-corrected chi connectivity index (χ4v) is 9.77. The van der Waals surface area contributed by atoms with Crippen molar-refractivity contribution >= 4 is 17.9 Å². The van der Waals surface area contributed by atoms with Crippen molar-refractivity contribution in [1.29, 1.82) is 0 Å². The molecule has 0 heterocycles. The Morgan fingerprint density at radius 2 is 0.470 bits per heavy atom. The smallest absolute Gasteiger partial charge is 0.306 e. The number of allylic oxidation sites excluding steroid dienone is 20. The van der Waals surface area contributed by atoms with Crippen LogP contribution >= 0.6 is 0 Å². The zero-order chi connectivity index (χ0) is 59.9. The Kier molecular flexibility index (Phi) is 66.7. The van der Waals surface area contributed by atoms with Gasteiger partial charge in [0, 0.05) is 19.3 Å². The zero-order valence-electron chi connectivity index (χ0n) is 54.4. The topological polar surface area (TPSA) is 78.9 Å². The molecular formula is C77H130O6. The van der Waals surface area contributed by atoms with Crippen LogP contribution in [0.25, 0.3) is 0 Å². The summed E-state index contributed by atoms with van der Waals surface area (Å²) < 4.78 is 16.9. The van der Waals surface area contributed by atoms with Crippen molar-refractivity contribution in [3.63, 3.8) is 0 Å². The van der Waals surface area contributed by atoms with E-state index in [9.17, 15) is 14.4 Å². The van der Waals surface area contributed by atoms with Gasteiger partial charge in [-0.1, -0.05) is 335 Å². The van der Waals surface area contributed by atoms with Crippen molar-refractivity contribution in [3.8, 4) is 0 Å². The molecule has 1 unspecified atom stereocenters. The lowest BCUT2D eigenvalue weighted by Crippen LogP contribution is -2.30. The summed E-state index contributed by atoms with van der Waals surface area (Å²) in [5, 5.41) is 0. The van der Waals surface area contributed by atoms with Crippen LogP contribution in [-0.2, 0) is 28.6 Å². The molecule has 0 aromatic rings.